The molecule has 0 aliphatic carbocycles. The summed E-state index contributed by atoms with van der Waals surface area (Å²) in [7, 11) is 0. The van der Waals surface area contributed by atoms with Gasteiger partial charge < -0.3 is 19.5 Å². The Labute approximate surface area is 122 Å². The van der Waals surface area contributed by atoms with Gasteiger partial charge in [-0.15, -0.1) is 0 Å². The Morgan fingerprint density at radius 1 is 1.35 bits per heavy atom. The van der Waals surface area contributed by atoms with E-state index in [4.69, 9.17) is 25.8 Å². The lowest BCUT2D eigenvalue weighted by molar-refractivity contribution is -0.0978. The Bertz CT molecular complexity index is 542. The quantitative estimate of drug-likeness (QED) is 0.925. The highest BCUT2D eigenvalue weighted by atomic mass is 35.5. The van der Waals surface area contributed by atoms with Crippen LogP contribution in [0.25, 0.3) is 0 Å². The third kappa shape index (κ3) is 2.55. The van der Waals surface area contributed by atoms with Gasteiger partial charge in [0.25, 0.3) is 5.91 Å². The van der Waals surface area contributed by atoms with E-state index in [-0.39, 0.29) is 11.3 Å². The van der Waals surface area contributed by atoms with Crippen LogP contribution in [0, 0.1) is 5.41 Å². The van der Waals surface area contributed by atoms with Gasteiger partial charge in [0.15, 0.2) is 11.5 Å². The van der Waals surface area contributed by atoms with Gasteiger partial charge in [-0.1, -0.05) is 18.5 Å². The minimum atomic E-state index is -0.169. The number of hydrogen-bond donors (Lipinski definition) is 1. The number of halogens is 1. The third-order valence-electron chi connectivity index (χ3n) is 3.44. The summed E-state index contributed by atoms with van der Waals surface area (Å²) in [5.74, 6) is 0.859. The highest BCUT2D eigenvalue weighted by molar-refractivity contribution is 6.32. The molecular formula is C14H16ClNO4. The molecule has 1 aromatic carbocycles. The smallest absolute Gasteiger partial charge is 0.251 e. The summed E-state index contributed by atoms with van der Waals surface area (Å²) in [6, 6.07) is 3.26. The number of amides is 1. The third-order valence-corrected chi connectivity index (χ3v) is 3.72. The molecule has 1 aromatic rings. The van der Waals surface area contributed by atoms with E-state index in [1.165, 1.54) is 0 Å². The second-order valence-corrected chi connectivity index (χ2v) is 5.88. The fourth-order valence-electron chi connectivity index (χ4n) is 2.19. The standard InChI is InChI=1S/C14H16ClNO4/c1-14(7-18-8-14)6-16-13(17)9-4-10(15)12-11(5-9)19-2-3-20-12/h4-5H,2-3,6-8H2,1H3,(H,16,17). The predicted molar refractivity (Wildman–Crippen MR) is 73.7 cm³/mol. The lowest BCUT2D eigenvalue weighted by Gasteiger charge is -2.38. The van der Waals surface area contributed by atoms with E-state index in [1.807, 2.05) is 0 Å². The van der Waals surface area contributed by atoms with Crippen LogP contribution >= 0.6 is 11.6 Å². The molecule has 0 bridgehead atoms. The van der Waals surface area contributed by atoms with Crippen molar-refractivity contribution >= 4 is 17.5 Å². The van der Waals surface area contributed by atoms with Gasteiger partial charge in [0.1, 0.15) is 13.2 Å². The van der Waals surface area contributed by atoms with Crippen molar-refractivity contribution in [3.05, 3.63) is 22.7 Å². The van der Waals surface area contributed by atoms with Gasteiger partial charge in [-0.3, -0.25) is 4.79 Å². The highest BCUT2D eigenvalue weighted by Crippen LogP contribution is 2.38. The van der Waals surface area contributed by atoms with Crippen LogP contribution in [-0.4, -0.2) is 38.9 Å². The summed E-state index contributed by atoms with van der Waals surface area (Å²) in [4.78, 5) is 12.2. The average molecular weight is 298 g/mol. The van der Waals surface area contributed by atoms with Gasteiger partial charge >= 0.3 is 0 Å². The van der Waals surface area contributed by atoms with Crippen molar-refractivity contribution < 1.29 is 19.0 Å². The Hall–Kier alpha value is -1.46. The summed E-state index contributed by atoms with van der Waals surface area (Å²) >= 11 is 6.11. The van der Waals surface area contributed by atoms with Crippen molar-refractivity contribution in [1.82, 2.24) is 5.32 Å². The number of ether oxygens (including phenoxy) is 3. The molecule has 2 aliphatic rings. The molecule has 0 radical (unpaired) electrons. The van der Waals surface area contributed by atoms with Crippen molar-refractivity contribution in [3.63, 3.8) is 0 Å². The first-order chi connectivity index (χ1) is 9.57. The molecule has 0 spiro atoms. The molecule has 108 valence electrons. The molecule has 0 aromatic heterocycles. The molecule has 0 saturated carbocycles. The normalized spacial score (nSPS) is 19.1. The topological polar surface area (TPSA) is 56.8 Å². The van der Waals surface area contributed by atoms with Crippen LogP contribution in [0.15, 0.2) is 12.1 Å². The average Bonchev–Trinajstić information content (AvgIpc) is 2.42. The van der Waals surface area contributed by atoms with Gasteiger partial charge in [-0.25, -0.2) is 0 Å². The number of nitrogens with one attached hydrogen (secondary N) is 1. The summed E-state index contributed by atoms with van der Waals surface area (Å²) < 4.78 is 16.0. The van der Waals surface area contributed by atoms with Crippen molar-refractivity contribution in [2.75, 3.05) is 33.0 Å². The van der Waals surface area contributed by atoms with Crippen LogP contribution in [0.4, 0.5) is 0 Å². The maximum Gasteiger partial charge on any atom is 0.251 e. The van der Waals surface area contributed by atoms with Crippen molar-refractivity contribution in [1.29, 1.82) is 0 Å². The van der Waals surface area contributed by atoms with Crippen LogP contribution in [0.5, 0.6) is 11.5 Å². The number of fused-ring (bicyclic) bond motifs is 1. The first kappa shape index (κ1) is 13.5. The molecule has 1 N–H and O–H groups in total. The second-order valence-electron chi connectivity index (χ2n) is 5.47. The lowest BCUT2D eigenvalue weighted by atomic mass is 9.88. The molecule has 2 heterocycles. The molecule has 1 fully saturated rings. The number of benzene rings is 1. The van der Waals surface area contributed by atoms with Crippen LogP contribution in [0.1, 0.15) is 17.3 Å². The zero-order valence-electron chi connectivity index (χ0n) is 11.2. The van der Waals surface area contributed by atoms with Crippen molar-refractivity contribution in [3.8, 4) is 11.5 Å². The Morgan fingerprint density at radius 3 is 2.80 bits per heavy atom. The number of carbonyl (C=O) groups excluding carboxylic acids is 1. The molecule has 0 unspecified atom stereocenters. The fourth-order valence-corrected chi connectivity index (χ4v) is 2.46. The Kier molecular flexibility index (Phi) is 3.48. The summed E-state index contributed by atoms with van der Waals surface area (Å²) in [5.41, 5.74) is 0.510. The van der Waals surface area contributed by atoms with E-state index in [0.29, 0.717) is 55.1 Å². The van der Waals surface area contributed by atoms with Gasteiger partial charge in [0.05, 0.1) is 18.2 Å². The molecule has 20 heavy (non-hydrogen) atoms. The molecule has 1 amide bonds. The van der Waals surface area contributed by atoms with E-state index < -0.39 is 0 Å². The molecular weight excluding hydrogens is 282 g/mol. The van der Waals surface area contributed by atoms with E-state index in [9.17, 15) is 4.79 Å². The molecule has 6 heteroatoms. The number of hydrogen-bond acceptors (Lipinski definition) is 4. The summed E-state index contributed by atoms with van der Waals surface area (Å²) in [6.45, 7) is 4.94. The first-order valence-electron chi connectivity index (χ1n) is 6.52. The lowest BCUT2D eigenvalue weighted by Crippen LogP contribution is -2.48. The second kappa shape index (κ2) is 5.14. The van der Waals surface area contributed by atoms with Crippen molar-refractivity contribution in [2.24, 2.45) is 5.41 Å². The predicted octanol–water partition coefficient (Wildman–Crippen LogP) is 1.88. The zero-order valence-corrected chi connectivity index (χ0v) is 12.0. The van der Waals surface area contributed by atoms with Gasteiger partial charge in [0, 0.05) is 17.5 Å². The largest absolute Gasteiger partial charge is 0.486 e. The molecule has 5 nitrogen and oxygen atoms in total. The molecule has 2 aliphatic heterocycles. The minimum absolute atomic E-state index is 0.0350. The van der Waals surface area contributed by atoms with Crippen molar-refractivity contribution in [2.45, 2.75) is 6.92 Å². The van der Waals surface area contributed by atoms with E-state index in [2.05, 4.69) is 12.2 Å². The summed E-state index contributed by atoms with van der Waals surface area (Å²) in [5, 5.41) is 3.30. The maximum atomic E-state index is 12.2. The number of carbonyl (C=O) groups is 1. The monoisotopic (exact) mass is 297 g/mol. The van der Waals surface area contributed by atoms with Crippen LogP contribution in [0.2, 0.25) is 5.02 Å². The maximum absolute atomic E-state index is 12.2. The highest BCUT2D eigenvalue weighted by Gasteiger charge is 2.33. The Morgan fingerprint density at radius 2 is 2.10 bits per heavy atom. The molecule has 1 saturated heterocycles. The zero-order chi connectivity index (χ0) is 14.2. The first-order valence-corrected chi connectivity index (χ1v) is 6.90. The molecule has 0 atom stereocenters. The van der Waals surface area contributed by atoms with Gasteiger partial charge in [-0.05, 0) is 12.1 Å². The van der Waals surface area contributed by atoms with Crippen LogP contribution < -0.4 is 14.8 Å². The van der Waals surface area contributed by atoms with E-state index in [0.717, 1.165) is 0 Å². The summed E-state index contributed by atoms with van der Waals surface area (Å²) in [6.07, 6.45) is 0. The van der Waals surface area contributed by atoms with E-state index >= 15 is 0 Å². The van der Waals surface area contributed by atoms with E-state index in [1.54, 1.807) is 12.1 Å². The van der Waals surface area contributed by atoms with Crippen LogP contribution in [0.3, 0.4) is 0 Å². The SMILES string of the molecule is CC1(CNC(=O)c2cc(Cl)c3c(c2)OCCO3)COC1. The number of rotatable bonds is 3. The minimum Gasteiger partial charge on any atom is -0.486 e. The van der Waals surface area contributed by atoms with Crippen LogP contribution in [-0.2, 0) is 4.74 Å². The Balaban J connectivity index is 1.72. The fraction of sp³-hybridized carbons (Fsp3) is 0.500. The molecule has 3 rings (SSSR count). The van der Waals surface area contributed by atoms with Gasteiger partial charge in [-0.2, -0.15) is 0 Å². The van der Waals surface area contributed by atoms with Gasteiger partial charge in [0.2, 0.25) is 0 Å².